The molecule has 0 spiro atoms. The molecule has 0 amide bonds. The molecule has 0 aliphatic heterocycles. The smallest absolute Gasteiger partial charge is 0.162 e. The molecule has 0 atom stereocenters. The predicted molar refractivity (Wildman–Crippen MR) is 585 cm³/mol. The zero-order chi connectivity index (χ0) is 94.4. The van der Waals surface area contributed by atoms with Crippen molar-refractivity contribution >= 4 is 87.7 Å². The molecule has 27 aromatic rings. The molecule has 0 radical (unpaired) electrons. The van der Waals surface area contributed by atoms with Gasteiger partial charge >= 0.3 is 0 Å². The second-order valence-electron chi connectivity index (χ2n) is 34.8. The van der Waals surface area contributed by atoms with Gasteiger partial charge < -0.3 is 0 Å². The molecule has 27 rings (SSSR count). The lowest BCUT2D eigenvalue weighted by molar-refractivity contribution is 1.11. The lowest BCUT2D eigenvalue weighted by Crippen LogP contribution is -2.00. The largest absolute Gasteiger partial charge is 0.294 e. The van der Waals surface area contributed by atoms with Crippen LogP contribution in [0.2, 0.25) is 0 Å². The third kappa shape index (κ3) is 16.5. The van der Waals surface area contributed by atoms with Gasteiger partial charge in [0.05, 0.1) is 55.3 Å². The van der Waals surface area contributed by atoms with Crippen molar-refractivity contribution < 1.29 is 0 Å². The fourth-order valence-corrected chi connectivity index (χ4v) is 19.6. The lowest BCUT2D eigenvalue weighted by atomic mass is 9.95. The van der Waals surface area contributed by atoms with Gasteiger partial charge in [-0.05, 0) is 123 Å². The normalized spacial score (nSPS) is 11.2. The standard InChI is InChI=1S/C40H27N3.2C34H23N3.C22H15N3/c1-4-13-28(14-5-1)30-23-25-31(26-24-30)39-41-38(33-18-12-17-32(27-33)29-15-6-2-7-16-29)37-35-21-10-11-22-36(35)43(40(37)42-39)34-19-8-3-9-20-34;1-4-14-24(15-5-1)27-20-10-11-21-28(27)32-31-29-22-12-13-23-30(29)37(26-18-8-3-9-19-26)34(31)36-33(35-32)25-16-6-2-7-17-25;1-4-14-24(15-5-1)27-20-10-11-21-28(27)33-35-32(25-16-6-2-7-17-25)31-29-22-12-13-23-30(29)37(34(31)36-33)26-18-8-3-9-19-26;1-3-9-16(10-4-1)21-23-15-19-18-13-7-8-14-20(18)25(22(19)24-21)17-11-5-2-6-12-17/h1-27H;2*1-23H;1-15H. The number of rotatable bonds is 15. The van der Waals surface area contributed by atoms with Gasteiger partial charge in [-0.3, -0.25) is 18.3 Å². The fraction of sp³-hybridized carbons (Fsp3) is 0. The Morgan fingerprint density at radius 3 is 0.845 bits per heavy atom. The molecule has 0 unspecified atom stereocenters. The summed E-state index contributed by atoms with van der Waals surface area (Å²) in [5.74, 6) is 2.87. The van der Waals surface area contributed by atoms with Crippen LogP contribution in [-0.2, 0) is 0 Å². The molecule has 0 aliphatic rings. The lowest BCUT2D eigenvalue weighted by Gasteiger charge is -2.13. The highest BCUT2D eigenvalue weighted by molar-refractivity contribution is 6.18. The first kappa shape index (κ1) is 85.6. The highest BCUT2D eigenvalue weighted by Gasteiger charge is 2.28. The third-order valence-electron chi connectivity index (χ3n) is 26.1. The number of fused-ring (bicyclic) bond motifs is 12. The molecule has 142 heavy (non-hydrogen) atoms. The van der Waals surface area contributed by atoms with Gasteiger partial charge in [0.2, 0.25) is 0 Å². The van der Waals surface area contributed by atoms with Gasteiger partial charge in [-0.15, -0.1) is 0 Å². The molecule has 0 fully saturated rings. The monoisotopic (exact) mass is 1820 g/mol. The Hall–Kier alpha value is -19.3. The summed E-state index contributed by atoms with van der Waals surface area (Å²) < 4.78 is 8.98. The van der Waals surface area contributed by atoms with Crippen LogP contribution in [0.15, 0.2) is 534 Å². The second-order valence-corrected chi connectivity index (χ2v) is 34.8. The summed E-state index contributed by atoms with van der Waals surface area (Å²) >= 11 is 0. The molecular weight excluding hydrogens is 1730 g/mol. The van der Waals surface area contributed by atoms with Gasteiger partial charge in [-0.2, -0.15) is 0 Å². The zero-order valence-corrected chi connectivity index (χ0v) is 77.2. The molecular formula is C130H88N12. The third-order valence-corrected chi connectivity index (χ3v) is 26.1. The molecule has 8 heterocycles. The van der Waals surface area contributed by atoms with Crippen LogP contribution in [-0.4, -0.2) is 58.1 Å². The number of benzene rings is 19. The Labute approximate surface area is 820 Å². The van der Waals surface area contributed by atoms with Crippen molar-refractivity contribution in [2.45, 2.75) is 0 Å². The minimum absolute atomic E-state index is 0.701. The topological polar surface area (TPSA) is 123 Å². The summed E-state index contributed by atoms with van der Waals surface area (Å²) in [7, 11) is 0. The van der Waals surface area contributed by atoms with E-state index >= 15 is 0 Å². The Bertz CT molecular complexity index is 9170. The van der Waals surface area contributed by atoms with E-state index in [9.17, 15) is 0 Å². The van der Waals surface area contributed by atoms with E-state index in [4.69, 9.17) is 34.9 Å². The molecule has 0 N–H and O–H groups in total. The van der Waals surface area contributed by atoms with Crippen LogP contribution in [0.4, 0.5) is 0 Å². The molecule has 12 nitrogen and oxygen atoms in total. The molecule has 0 aliphatic carbocycles. The quantitative estimate of drug-likeness (QED) is 0.0994. The van der Waals surface area contributed by atoms with Gasteiger partial charge in [0.25, 0.3) is 0 Å². The number of hydrogen-bond donors (Lipinski definition) is 0. The number of para-hydroxylation sites is 8. The van der Waals surface area contributed by atoms with E-state index in [1.54, 1.807) is 0 Å². The van der Waals surface area contributed by atoms with Crippen LogP contribution in [0, 0.1) is 0 Å². The maximum atomic E-state index is 5.31. The van der Waals surface area contributed by atoms with E-state index in [-0.39, 0.29) is 0 Å². The van der Waals surface area contributed by atoms with Crippen LogP contribution in [0.25, 0.3) is 234 Å². The van der Waals surface area contributed by atoms with Crippen molar-refractivity contribution in [3.63, 3.8) is 0 Å². The summed E-state index contributed by atoms with van der Waals surface area (Å²) in [5.41, 5.74) is 31.7. The van der Waals surface area contributed by atoms with Crippen LogP contribution < -0.4 is 0 Å². The van der Waals surface area contributed by atoms with E-state index in [1.807, 2.05) is 97.2 Å². The summed E-state index contributed by atoms with van der Waals surface area (Å²) in [6, 6.07) is 183. The first-order valence-electron chi connectivity index (χ1n) is 47.7. The summed E-state index contributed by atoms with van der Waals surface area (Å²) in [5, 5.41) is 8.82. The average molecular weight is 1820 g/mol. The SMILES string of the molecule is c1ccc(-c2ccc(-c3nc(-c4cccc(-c5ccccc5)c4)c4c5ccccc5n(-c5ccccc5)c4n3)cc2)cc1.c1ccc(-c2ccccc2-c2nc(-c3ccccc3)c3c4ccccc4n(-c4ccccc4)c3n2)cc1.c1ccc(-c2nc(-c3ccccc3-c3ccccc3)c3c4ccccc4n(-c4ccccc4)c3n2)cc1.c1ccc(-c2ncc3c4ccccc4n(-c4ccccc4)c3n2)cc1. The molecule has 0 saturated heterocycles. The molecule has 8 aromatic heterocycles. The Kier molecular flexibility index (Phi) is 23.2. The zero-order valence-electron chi connectivity index (χ0n) is 77.2. The second kappa shape index (κ2) is 38.5. The summed E-state index contributed by atoms with van der Waals surface area (Å²) in [4.78, 5) is 41.1. The van der Waals surface area contributed by atoms with Crippen molar-refractivity contribution in [2.24, 2.45) is 0 Å². The van der Waals surface area contributed by atoms with Crippen molar-refractivity contribution in [1.29, 1.82) is 0 Å². The van der Waals surface area contributed by atoms with Crippen LogP contribution in [0.1, 0.15) is 0 Å². The highest BCUT2D eigenvalue weighted by Crippen LogP contribution is 2.46. The van der Waals surface area contributed by atoms with Gasteiger partial charge in [0.15, 0.2) is 23.3 Å². The fourth-order valence-electron chi connectivity index (χ4n) is 19.6. The Balaban J connectivity index is 0.000000104. The molecule has 0 saturated carbocycles. The van der Waals surface area contributed by atoms with Gasteiger partial charge in [-0.1, -0.05) is 449 Å². The van der Waals surface area contributed by atoms with Gasteiger partial charge in [0, 0.05) is 94.8 Å². The van der Waals surface area contributed by atoms with Crippen LogP contribution in [0.3, 0.4) is 0 Å². The van der Waals surface area contributed by atoms with Crippen molar-refractivity contribution in [3.8, 4) is 147 Å². The highest BCUT2D eigenvalue weighted by atomic mass is 15.1. The summed E-state index contributed by atoms with van der Waals surface area (Å²) in [6.07, 6.45) is 1.94. The Morgan fingerprint density at radius 2 is 0.401 bits per heavy atom. The minimum Gasteiger partial charge on any atom is -0.294 e. The summed E-state index contributed by atoms with van der Waals surface area (Å²) in [6.45, 7) is 0. The molecule has 0 bridgehead atoms. The van der Waals surface area contributed by atoms with E-state index in [0.717, 1.165) is 195 Å². The van der Waals surface area contributed by atoms with Crippen molar-refractivity contribution in [1.82, 2.24) is 58.1 Å². The maximum Gasteiger partial charge on any atom is 0.162 e. The van der Waals surface area contributed by atoms with Crippen molar-refractivity contribution in [3.05, 3.63) is 534 Å². The van der Waals surface area contributed by atoms with Crippen molar-refractivity contribution in [2.75, 3.05) is 0 Å². The minimum atomic E-state index is 0.701. The maximum absolute atomic E-state index is 5.31. The van der Waals surface area contributed by atoms with Crippen LogP contribution >= 0.6 is 0 Å². The van der Waals surface area contributed by atoms with Crippen LogP contribution in [0.5, 0.6) is 0 Å². The van der Waals surface area contributed by atoms with Gasteiger partial charge in [-0.25, -0.2) is 39.9 Å². The van der Waals surface area contributed by atoms with E-state index in [1.165, 1.54) is 22.1 Å². The first-order valence-corrected chi connectivity index (χ1v) is 47.7. The average Bonchev–Trinajstić information content (AvgIpc) is 1.57. The van der Waals surface area contributed by atoms with E-state index in [2.05, 4.69) is 460 Å². The molecule has 12 heteroatoms. The van der Waals surface area contributed by atoms with E-state index in [0.29, 0.717) is 17.5 Å². The number of nitrogens with zero attached hydrogens (tertiary/aromatic N) is 12. The van der Waals surface area contributed by atoms with E-state index < -0.39 is 0 Å². The first-order chi connectivity index (χ1) is 70.5. The van der Waals surface area contributed by atoms with Gasteiger partial charge in [0.1, 0.15) is 22.6 Å². The Morgan fingerprint density at radius 1 is 0.141 bits per heavy atom. The number of aromatic nitrogens is 12. The molecule has 668 valence electrons. The molecule has 19 aromatic carbocycles. The number of hydrogen-bond acceptors (Lipinski definition) is 8. The predicted octanol–water partition coefficient (Wildman–Crippen LogP) is 32.6.